The van der Waals surface area contributed by atoms with Crippen molar-refractivity contribution >= 4 is 29.2 Å². The number of carboxylic acids is 1. The number of nitro groups is 1. The summed E-state index contributed by atoms with van der Waals surface area (Å²) < 4.78 is 0. The molecule has 1 aromatic rings. The minimum atomic E-state index is -1.21. The second kappa shape index (κ2) is 9.16. The first-order valence-corrected chi connectivity index (χ1v) is 9.04. The summed E-state index contributed by atoms with van der Waals surface area (Å²) in [5, 5.41) is 23.3. The highest BCUT2D eigenvalue weighted by Crippen LogP contribution is 2.32. The molecule has 0 saturated carbocycles. The molecule has 0 aliphatic carbocycles. The van der Waals surface area contributed by atoms with Crippen LogP contribution in [0.15, 0.2) is 18.2 Å². The van der Waals surface area contributed by atoms with E-state index in [-0.39, 0.29) is 30.2 Å². The van der Waals surface area contributed by atoms with Crippen molar-refractivity contribution in [2.75, 3.05) is 31.1 Å². The Morgan fingerprint density at radius 1 is 1.32 bits per heavy atom. The summed E-state index contributed by atoms with van der Waals surface area (Å²) in [5.41, 5.74) is 0.304. The second-order valence-electron chi connectivity index (χ2n) is 6.65. The van der Waals surface area contributed by atoms with Gasteiger partial charge in [0, 0.05) is 44.7 Å². The molecule has 10 heteroatoms. The number of nitrogens with zero attached hydrogens (tertiary/aromatic N) is 3. The lowest BCUT2D eigenvalue weighted by atomic mass is 10.1. The maximum atomic E-state index is 12.9. The van der Waals surface area contributed by atoms with Gasteiger partial charge in [0.05, 0.1) is 4.92 Å². The van der Waals surface area contributed by atoms with Crippen LogP contribution in [0.25, 0.3) is 0 Å². The molecule has 1 heterocycles. The molecule has 0 radical (unpaired) electrons. The fraction of sp³-hybridized carbons (Fsp3) is 0.500. The van der Waals surface area contributed by atoms with Crippen molar-refractivity contribution in [2.24, 2.45) is 0 Å². The molecule has 1 fully saturated rings. The molecule has 1 unspecified atom stereocenters. The summed E-state index contributed by atoms with van der Waals surface area (Å²) in [7, 11) is 0. The lowest BCUT2D eigenvalue weighted by Crippen LogP contribution is -2.46. The van der Waals surface area contributed by atoms with Gasteiger partial charge in [-0.2, -0.15) is 0 Å². The first kappa shape index (κ1) is 21.1. The van der Waals surface area contributed by atoms with Gasteiger partial charge in [0.2, 0.25) is 5.91 Å². The lowest BCUT2D eigenvalue weighted by molar-refractivity contribution is -0.384. The van der Waals surface area contributed by atoms with Crippen LogP contribution in [-0.4, -0.2) is 64.9 Å². The van der Waals surface area contributed by atoms with E-state index in [1.54, 1.807) is 0 Å². The number of amides is 2. The van der Waals surface area contributed by atoms with Crippen LogP contribution in [0.3, 0.4) is 0 Å². The van der Waals surface area contributed by atoms with Crippen molar-refractivity contribution in [1.82, 2.24) is 10.2 Å². The molecule has 1 atom stereocenters. The number of nitro benzene ring substituents is 1. The van der Waals surface area contributed by atoms with Gasteiger partial charge in [0.15, 0.2) is 0 Å². The zero-order chi connectivity index (χ0) is 20.8. The highest BCUT2D eigenvalue weighted by atomic mass is 16.6. The van der Waals surface area contributed by atoms with E-state index in [1.807, 2.05) is 4.90 Å². The van der Waals surface area contributed by atoms with E-state index in [0.29, 0.717) is 18.8 Å². The molecular formula is C18H24N4O6. The predicted octanol–water partition coefficient (Wildman–Crippen LogP) is 1.25. The standard InChI is InChI=1S/C18H24N4O6/c1-12(18(25)26)21(10-7-19-13(2)23)17(24)14-5-6-15(16(11-14)22(27)28)20-8-3-4-9-20/h5-6,11-12H,3-4,7-10H2,1-2H3,(H,19,23)(H,25,26). The Balaban J connectivity index is 2.31. The summed E-state index contributed by atoms with van der Waals surface area (Å²) in [6.07, 6.45) is 1.90. The van der Waals surface area contributed by atoms with E-state index < -0.39 is 22.8 Å². The summed E-state index contributed by atoms with van der Waals surface area (Å²) in [5.74, 6) is -2.16. The van der Waals surface area contributed by atoms with Gasteiger partial charge >= 0.3 is 5.97 Å². The monoisotopic (exact) mass is 392 g/mol. The van der Waals surface area contributed by atoms with Crippen LogP contribution in [0.4, 0.5) is 11.4 Å². The molecule has 0 bridgehead atoms. The van der Waals surface area contributed by atoms with Crippen molar-refractivity contribution < 1.29 is 24.4 Å². The van der Waals surface area contributed by atoms with E-state index in [4.69, 9.17) is 0 Å². The minimum absolute atomic E-state index is 0.0329. The number of aliphatic carboxylic acids is 1. The minimum Gasteiger partial charge on any atom is -0.480 e. The predicted molar refractivity (Wildman–Crippen MR) is 101 cm³/mol. The van der Waals surface area contributed by atoms with Crippen molar-refractivity contribution in [3.63, 3.8) is 0 Å². The Hall–Kier alpha value is -3.17. The van der Waals surface area contributed by atoms with Crippen molar-refractivity contribution in [1.29, 1.82) is 0 Å². The number of benzene rings is 1. The first-order chi connectivity index (χ1) is 13.2. The number of carbonyl (C=O) groups excluding carboxylic acids is 2. The van der Waals surface area contributed by atoms with Crippen LogP contribution in [0.1, 0.15) is 37.0 Å². The number of rotatable bonds is 8. The number of nitrogens with one attached hydrogen (secondary N) is 1. The summed E-state index contributed by atoms with van der Waals surface area (Å²) in [6, 6.07) is 3.05. The average Bonchev–Trinajstić information content (AvgIpc) is 3.18. The van der Waals surface area contributed by atoms with E-state index in [0.717, 1.165) is 17.7 Å². The Bertz CT molecular complexity index is 775. The topological polar surface area (TPSA) is 133 Å². The zero-order valence-electron chi connectivity index (χ0n) is 15.9. The van der Waals surface area contributed by atoms with Crippen LogP contribution in [-0.2, 0) is 9.59 Å². The summed E-state index contributed by atoms with van der Waals surface area (Å²) in [4.78, 5) is 49.3. The molecule has 1 aliphatic rings. The highest BCUT2D eigenvalue weighted by molar-refractivity contribution is 5.98. The molecule has 0 spiro atoms. The van der Waals surface area contributed by atoms with Gasteiger partial charge in [-0.1, -0.05) is 0 Å². The molecular weight excluding hydrogens is 368 g/mol. The lowest BCUT2D eigenvalue weighted by Gasteiger charge is -2.27. The third-order valence-electron chi connectivity index (χ3n) is 4.68. The van der Waals surface area contributed by atoms with Crippen LogP contribution in [0.2, 0.25) is 0 Å². The molecule has 2 N–H and O–H groups in total. The third-order valence-corrected chi connectivity index (χ3v) is 4.68. The molecule has 152 valence electrons. The molecule has 1 aromatic carbocycles. The number of carbonyl (C=O) groups is 3. The van der Waals surface area contributed by atoms with Gasteiger partial charge in [0.1, 0.15) is 11.7 Å². The smallest absolute Gasteiger partial charge is 0.326 e. The molecule has 10 nitrogen and oxygen atoms in total. The van der Waals surface area contributed by atoms with Crippen molar-refractivity contribution in [2.45, 2.75) is 32.7 Å². The van der Waals surface area contributed by atoms with Crippen LogP contribution in [0.5, 0.6) is 0 Å². The van der Waals surface area contributed by atoms with Gasteiger partial charge in [-0.3, -0.25) is 19.7 Å². The van der Waals surface area contributed by atoms with Gasteiger partial charge in [-0.25, -0.2) is 4.79 Å². The molecule has 0 aromatic heterocycles. The van der Waals surface area contributed by atoms with Gasteiger partial charge in [-0.15, -0.1) is 0 Å². The number of anilines is 1. The third kappa shape index (κ3) is 4.96. The average molecular weight is 392 g/mol. The van der Waals surface area contributed by atoms with E-state index in [1.165, 1.54) is 32.0 Å². The molecule has 1 aliphatic heterocycles. The molecule has 28 heavy (non-hydrogen) atoms. The molecule has 1 saturated heterocycles. The van der Waals surface area contributed by atoms with Crippen molar-refractivity contribution in [3.05, 3.63) is 33.9 Å². The quantitative estimate of drug-likeness (QED) is 0.502. The Kier molecular flexibility index (Phi) is 6.91. The normalized spacial score (nSPS) is 14.4. The fourth-order valence-electron chi connectivity index (χ4n) is 3.15. The Morgan fingerprint density at radius 3 is 2.50 bits per heavy atom. The largest absolute Gasteiger partial charge is 0.480 e. The van der Waals surface area contributed by atoms with E-state index in [9.17, 15) is 29.6 Å². The molecule has 2 amide bonds. The van der Waals surface area contributed by atoms with Crippen LogP contribution < -0.4 is 10.2 Å². The second-order valence-corrected chi connectivity index (χ2v) is 6.65. The fourth-order valence-corrected chi connectivity index (χ4v) is 3.15. The van der Waals surface area contributed by atoms with Gasteiger partial charge in [-0.05, 0) is 31.9 Å². The first-order valence-electron chi connectivity index (χ1n) is 9.04. The Labute approximate surface area is 162 Å². The van der Waals surface area contributed by atoms with Gasteiger partial charge in [0.25, 0.3) is 11.6 Å². The van der Waals surface area contributed by atoms with E-state index in [2.05, 4.69) is 5.32 Å². The summed E-state index contributed by atoms with van der Waals surface area (Å²) >= 11 is 0. The Morgan fingerprint density at radius 2 is 1.96 bits per heavy atom. The van der Waals surface area contributed by atoms with Crippen molar-refractivity contribution in [3.8, 4) is 0 Å². The SMILES string of the molecule is CC(=O)NCCN(C(=O)c1ccc(N2CCCC2)c([N+](=O)[O-])c1)C(C)C(=O)O. The summed E-state index contributed by atoms with van der Waals surface area (Å²) in [6.45, 7) is 4.13. The number of carboxylic acid groups (broad SMARTS) is 1. The maximum Gasteiger partial charge on any atom is 0.326 e. The van der Waals surface area contributed by atoms with Crippen LogP contribution >= 0.6 is 0 Å². The maximum absolute atomic E-state index is 12.9. The highest BCUT2D eigenvalue weighted by Gasteiger charge is 2.29. The van der Waals surface area contributed by atoms with Crippen LogP contribution in [0, 0.1) is 10.1 Å². The van der Waals surface area contributed by atoms with E-state index >= 15 is 0 Å². The number of hydrogen-bond acceptors (Lipinski definition) is 6. The zero-order valence-corrected chi connectivity index (χ0v) is 15.9. The number of hydrogen-bond donors (Lipinski definition) is 2. The molecule has 2 rings (SSSR count). The van der Waals surface area contributed by atoms with Gasteiger partial charge < -0.3 is 20.2 Å².